The first-order valence-corrected chi connectivity index (χ1v) is 9.25. The molecule has 0 saturated carbocycles. The Labute approximate surface area is 163 Å². The van der Waals surface area contributed by atoms with Gasteiger partial charge in [0.25, 0.3) is 0 Å². The molecule has 2 amide bonds. The molecule has 0 radical (unpaired) electrons. The van der Waals surface area contributed by atoms with Crippen molar-refractivity contribution in [2.75, 3.05) is 19.9 Å². The summed E-state index contributed by atoms with van der Waals surface area (Å²) < 4.78 is 16.5. The summed E-state index contributed by atoms with van der Waals surface area (Å²) in [6, 6.07) is 19.3. The average Bonchev–Trinajstić information content (AvgIpc) is 3.19. The van der Waals surface area contributed by atoms with E-state index < -0.39 is 0 Å². The van der Waals surface area contributed by atoms with Crippen molar-refractivity contribution in [2.24, 2.45) is 0 Å². The van der Waals surface area contributed by atoms with Crippen LogP contribution in [0, 0.1) is 0 Å². The molecule has 3 aromatic carbocycles. The smallest absolute Gasteiger partial charge is 0.315 e. The van der Waals surface area contributed by atoms with Gasteiger partial charge in [0.2, 0.25) is 6.79 Å². The van der Waals surface area contributed by atoms with Gasteiger partial charge in [-0.25, -0.2) is 4.79 Å². The normalized spacial score (nSPS) is 13.2. The van der Waals surface area contributed by atoms with Crippen LogP contribution in [-0.2, 0) is 0 Å². The summed E-state index contributed by atoms with van der Waals surface area (Å²) in [4.78, 5) is 12.2. The van der Waals surface area contributed by atoms with Crippen LogP contribution in [0.2, 0.25) is 0 Å². The monoisotopic (exact) mass is 378 g/mol. The highest BCUT2D eigenvalue weighted by Crippen LogP contribution is 2.34. The average molecular weight is 378 g/mol. The van der Waals surface area contributed by atoms with Crippen LogP contribution in [-0.4, -0.2) is 26.0 Å². The first kappa shape index (κ1) is 18.0. The molecule has 28 heavy (non-hydrogen) atoms. The maximum atomic E-state index is 12.2. The Hall–Kier alpha value is -3.41. The molecule has 0 fully saturated rings. The van der Waals surface area contributed by atoms with Gasteiger partial charge in [-0.2, -0.15) is 0 Å². The maximum Gasteiger partial charge on any atom is 0.315 e. The molecule has 0 bridgehead atoms. The summed E-state index contributed by atoms with van der Waals surface area (Å²) >= 11 is 0. The zero-order valence-electron chi connectivity index (χ0n) is 15.6. The van der Waals surface area contributed by atoms with Crippen molar-refractivity contribution in [3.8, 4) is 17.2 Å². The van der Waals surface area contributed by atoms with Crippen molar-refractivity contribution < 1.29 is 19.0 Å². The van der Waals surface area contributed by atoms with Gasteiger partial charge in [0.15, 0.2) is 11.5 Å². The number of carbonyl (C=O) groups excluding carboxylic acids is 1. The first-order valence-electron chi connectivity index (χ1n) is 9.25. The third-order valence-corrected chi connectivity index (χ3v) is 4.64. The van der Waals surface area contributed by atoms with E-state index in [-0.39, 0.29) is 18.9 Å². The molecule has 6 heteroatoms. The quantitative estimate of drug-likeness (QED) is 0.636. The largest absolute Gasteiger partial charge is 0.491 e. The molecule has 4 rings (SSSR count). The summed E-state index contributed by atoms with van der Waals surface area (Å²) in [6.07, 6.45) is 0. The number of hydrogen-bond donors (Lipinski definition) is 2. The molecule has 0 spiro atoms. The van der Waals surface area contributed by atoms with E-state index in [1.165, 1.54) is 0 Å². The van der Waals surface area contributed by atoms with E-state index in [0.717, 1.165) is 27.8 Å². The maximum absolute atomic E-state index is 12.2. The van der Waals surface area contributed by atoms with Crippen LogP contribution in [0.25, 0.3) is 10.8 Å². The molecular weight excluding hydrogens is 356 g/mol. The Bertz CT molecular complexity index is 984. The molecule has 1 unspecified atom stereocenters. The van der Waals surface area contributed by atoms with E-state index in [9.17, 15) is 4.79 Å². The number of ether oxygens (including phenoxy) is 3. The number of carbonyl (C=O) groups is 1. The second-order valence-corrected chi connectivity index (χ2v) is 6.56. The van der Waals surface area contributed by atoms with Gasteiger partial charge in [-0.15, -0.1) is 0 Å². The molecule has 6 nitrogen and oxygen atoms in total. The minimum atomic E-state index is -0.244. The van der Waals surface area contributed by atoms with Crippen molar-refractivity contribution >= 4 is 16.8 Å². The van der Waals surface area contributed by atoms with Crippen LogP contribution in [0.15, 0.2) is 60.7 Å². The summed E-state index contributed by atoms with van der Waals surface area (Å²) in [5.74, 6) is 2.25. The van der Waals surface area contributed by atoms with E-state index >= 15 is 0 Å². The van der Waals surface area contributed by atoms with E-state index in [1.54, 1.807) is 0 Å². The van der Waals surface area contributed by atoms with Crippen LogP contribution in [0.1, 0.15) is 18.5 Å². The first-order chi connectivity index (χ1) is 13.7. The summed E-state index contributed by atoms with van der Waals surface area (Å²) in [7, 11) is 0. The number of amides is 2. The van der Waals surface area contributed by atoms with Crippen molar-refractivity contribution in [2.45, 2.75) is 13.0 Å². The Morgan fingerprint density at radius 2 is 1.89 bits per heavy atom. The highest BCUT2D eigenvalue weighted by atomic mass is 16.7. The zero-order valence-corrected chi connectivity index (χ0v) is 15.6. The van der Waals surface area contributed by atoms with Crippen LogP contribution < -0.4 is 24.8 Å². The summed E-state index contributed by atoms with van der Waals surface area (Å²) in [6.45, 7) is 2.95. The SMILES string of the molecule is CC(NC(=O)NCCOc1cccc2ccccc12)c1ccc2c(c1)OCO2. The Balaban J connectivity index is 1.25. The molecule has 2 N–H and O–H groups in total. The highest BCUT2D eigenvalue weighted by Gasteiger charge is 2.16. The van der Waals surface area contributed by atoms with Crippen molar-refractivity contribution in [3.63, 3.8) is 0 Å². The van der Waals surface area contributed by atoms with Gasteiger partial charge in [-0.3, -0.25) is 0 Å². The number of nitrogens with one attached hydrogen (secondary N) is 2. The van der Waals surface area contributed by atoms with Crippen molar-refractivity contribution in [3.05, 3.63) is 66.2 Å². The van der Waals surface area contributed by atoms with Gasteiger partial charge < -0.3 is 24.8 Å². The molecular formula is C22H22N2O4. The fourth-order valence-corrected chi connectivity index (χ4v) is 3.16. The molecule has 0 saturated heterocycles. The lowest BCUT2D eigenvalue weighted by Crippen LogP contribution is -2.38. The fraction of sp³-hybridized carbons (Fsp3) is 0.227. The predicted molar refractivity (Wildman–Crippen MR) is 107 cm³/mol. The van der Waals surface area contributed by atoms with Gasteiger partial charge >= 0.3 is 6.03 Å². The summed E-state index contributed by atoms with van der Waals surface area (Å²) in [5.41, 5.74) is 0.950. The zero-order chi connectivity index (χ0) is 19.3. The molecule has 1 aliphatic rings. The van der Waals surface area contributed by atoms with E-state index in [1.807, 2.05) is 67.6 Å². The lowest BCUT2D eigenvalue weighted by Gasteiger charge is -2.16. The third kappa shape index (κ3) is 3.96. The van der Waals surface area contributed by atoms with Crippen LogP contribution >= 0.6 is 0 Å². The lowest BCUT2D eigenvalue weighted by atomic mass is 10.1. The van der Waals surface area contributed by atoms with Gasteiger partial charge in [0.1, 0.15) is 12.4 Å². The van der Waals surface area contributed by atoms with Crippen LogP contribution in [0.5, 0.6) is 17.2 Å². The van der Waals surface area contributed by atoms with Crippen molar-refractivity contribution in [1.29, 1.82) is 0 Å². The topological polar surface area (TPSA) is 68.8 Å². The van der Waals surface area contributed by atoms with Crippen LogP contribution in [0.4, 0.5) is 4.79 Å². The second kappa shape index (κ2) is 8.08. The Kier molecular flexibility index (Phi) is 5.19. The molecule has 1 atom stereocenters. The van der Waals surface area contributed by atoms with Gasteiger partial charge in [0.05, 0.1) is 12.6 Å². The van der Waals surface area contributed by atoms with Gasteiger partial charge in [-0.05, 0) is 36.1 Å². The Morgan fingerprint density at radius 3 is 2.82 bits per heavy atom. The molecule has 0 aliphatic carbocycles. The minimum absolute atomic E-state index is 0.159. The van der Waals surface area contributed by atoms with E-state index in [2.05, 4.69) is 10.6 Å². The number of benzene rings is 3. The van der Waals surface area contributed by atoms with E-state index in [0.29, 0.717) is 18.9 Å². The van der Waals surface area contributed by atoms with E-state index in [4.69, 9.17) is 14.2 Å². The summed E-state index contributed by atoms with van der Waals surface area (Å²) in [5, 5.41) is 7.93. The lowest BCUT2D eigenvalue weighted by molar-refractivity contribution is 0.174. The number of hydrogen-bond acceptors (Lipinski definition) is 4. The molecule has 1 aliphatic heterocycles. The predicted octanol–water partition coefficient (Wildman–Crippen LogP) is 4.01. The molecule has 144 valence electrons. The molecule has 0 aromatic heterocycles. The number of urea groups is 1. The number of fused-ring (bicyclic) bond motifs is 2. The molecule has 3 aromatic rings. The molecule has 1 heterocycles. The standard InChI is InChI=1S/C22H22N2O4/c1-15(17-9-10-20-21(13-17)28-14-27-20)24-22(25)23-11-12-26-19-8-4-6-16-5-2-3-7-18(16)19/h2-10,13,15H,11-12,14H2,1H3,(H2,23,24,25). The van der Waals surface area contributed by atoms with Crippen LogP contribution in [0.3, 0.4) is 0 Å². The highest BCUT2D eigenvalue weighted by molar-refractivity contribution is 5.88. The number of rotatable bonds is 6. The Morgan fingerprint density at radius 1 is 1.07 bits per heavy atom. The fourth-order valence-electron chi connectivity index (χ4n) is 3.16. The minimum Gasteiger partial charge on any atom is -0.491 e. The van der Waals surface area contributed by atoms with Gasteiger partial charge in [-0.1, -0.05) is 42.5 Å². The van der Waals surface area contributed by atoms with Crippen molar-refractivity contribution in [1.82, 2.24) is 10.6 Å². The van der Waals surface area contributed by atoms with Gasteiger partial charge in [0, 0.05) is 5.39 Å². The second-order valence-electron chi connectivity index (χ2n) is 6.56. The third-order valence-electron chi connectivity index (χ3n) is 4.64.